The molecule has 0 heterocycles. The molecule has 1 aliphatic rings. The van der Waals surface area contributed by atoms with Crippen LogP contribution in [0.15, 0.2) is 37.3 Å². The van der Waals surface area contributed by atoms with Crippen LogP contribution in [0.4, 0.5) is 9.59 Å². The van der Waals surface area contributed by atoms with Crippen molar-refractivity contribution < 1.29 is 28.5 Å². The number of rotatable bonds is 4. The number of carbonyl (C=O) groups is 2. The van der Waals surface area contributed by atoms with Crippen LogP contribution in [-0.4, -0.2) is 24.5 Å². The molecule has 0 aromatic rings. The minimum Gasteiger partial charge on any atom is -0.430 e. The summed E-state index contributed by atoms with van der Waals surface area (Å²) >= 11 is 0. The molecule has 0 saturated carbocycles. The van der Waals surface area contributed by atoms with Crippen LogP contribution in [0.3, 0.4) is 0 Å². The standard InChI is InChI=1S/C14H14O6/c1-4-10-7-11(19-13(15)17-5-2)9-12(8-10)20-14(16)18-6-3/h1,5-7,11-12H,2-3,8-9H2/t11-,12-/m0/s1. The lowest BCUT2D eigenvalue weighted by Gasteiger charge is -2.25. The van der Waals surface area contributed by atoms with Crippen molar-refractivity contribution >= 4 is 12.3 Å². The summed E-state index contributed by atoms with van der Waals surface area (Å²) in [6.45, 7) is 6.47. The van der Waals surface area contributed by atoms with E-state index in [2.05, 4.69) is 28.6 Å². The first-order valence-electron chi connectivity index (χ1n) is 5.72. The topological polar surface area (TPSA) is 71.1 Å². The van der Waals surface area contributed by atoms with E-state index in [4.69, 9.17) is 15.9 Å². The normalized spacial score (nSPS) is 20.6. The summed E-state index contributed by atoms with van der Waals surface area (Å²) in [6.07, 6.45) is 6.41. The van der Waals surface area contributed by atoms with E-state index in [1.807, 2.05) is 0 Å². The number of ether oxygens (including phenoxy) is 4. The molecule has 0 aromatic carbocycles. The van der Waals surface area contributed by atoms with Gasteiger partial charge in [0.15, 0.2) is 0 Å². The molecule has 0 saturated heterocycles. The van der Waals surface area contributed by atoms with Crippen molar-refractivity contribution in [1.29, 1.82) is 0 Å². The molecule has 106 valence electrons. The van der Waals surface area contributed by atoms with Gasteiger partial charge in [-0.25, -0.2) is 9.59 Å². The summed E-state index contributed by atoms with van der Waals surface area (Å²) < 4.78 is 18.9. The fourth-order valence-corrected chi connectivity index (χ4v) is 1.68. The van der Waals surface area contributed by atoms with Gasteiger partial charge in [0.05, 0.1) is 12.5 Å². The Kier molecular flexibility index (Phi) is 5.91. The highest BCUT2D eigenvalue weighted by molar-refractivity contribution is 5.62. The maximum atomic E-state index is 11.2. The molecule has 20 heavy (non-hydrogen) atoms. The van der Waals surface area contributed by atoms with Crippen LogP contribution in [0, 0.1) is 12.3 Å². The second kappa shape index (κ2) is 7.69. The van der Waals surface area contributed by atoms with Crippen molar-refractivity contribution in [1.82, 2.24) is 0 Å². The largest absolute Gasteiger partial charge is 0.513 e. The molecule has 0 amide bonds. The Balaban J connectivity index is 2.65. The average molecular weight is 278 g/mol. The van der Waals surface area contributed by atoms with E-state index in [0.717, 1.165) is 12.5 Å². The molecule has 6 nitrogen and oxygen atoms in total. The lowest BCUT2D eigenvalue weighted by atomic mass is 9.95. The smallest absolute Gasteiger partial charge is 0.430 e. The Morgan fingerprint density at radius 2 is 1.85 bits per heavy atom. The molecule has 1 rings (SSSR count). The third-order valence-corrected chi connectivity index (χ3v) is 2.38. The minimum absolute atomic E-state index is 0.254. The van der Waals surface area contributed by atoms with Gasteiger partial charge < -0.3 is 18.9 Å². The zero-order valence-corrected chi connectivity index (χ0v) is 10.7. The van der Waals surface area contributed by atoms with E-state index in [-0.39, 0.29) is 6.42 Å². The van der Waals surface area contributed by atoms with Crippen molar-refractivity contribution in [2.24, 2.45) is 0 Å². The number of terminal acetylenes is 1. The Hall–Kier alpha value is -2.68. The quantitative estimate of drug-likeness (QED) is 0.447. The van der Waals surface area contributed by atoms with Gasteiger partial charge in [0, 0.05) is 18.4 Å². The third kappa shape index (κ3) is 4.90. The summed E-state index contributed by atoms with van der Waals surface area (Å²) in [5, 5.41) is 0. The molecule has 2 atom stereocenters. The molecule has 1 aliphatic carbocycles. The van der Waals surface area contributed by atoms with Gasteiger partial charge in [0.2, 0.25) is 0 Å². The Bertz CT molecular complexity index is 471. The van der Waals surface area contributed by atoms with Crippen molar-refractivity contribution in [2.45, 2.75) is 25.0 Å². The van der Waals surface area contributed by atoms with Gasteiger partial charge in [-0.15, -0.1) is 6.42 Å². The number of hydrogen-bond acceptors (Lipinski definition) is 6. The fourth-order valence-electron chi connectivity index (χ4n) is 1.68. The summed E-state index contributed by atoms with van der Waals surface area (Å²) in [5.74, 6) is 2.43. The zero-order valence-electron chi connectivity index (χ0n) is 10.7. The summed E-state index contributed by atoms with van der Waals surface area (Å²) in [7, 11) is 0. The van der Waals surface area contributed by atoms with Crippen molar-refractivity contribution in [3.8, 4) is 12.3 Å². The van der Waals surface area contributed by atoms with Crippen LogP contribution in [0.2, 0.25) is 0 Å². The lowest BCUT2D eigenvalue weighted by molar-refractivity contribution is 0.00900. The fraction of sp³-hybridized carbons (Fsp3) is 0.286. The van der Waals surface area contributed by atoms with E-state index in [0.29, 0.717) is 12.0 Å². The Labute approximate surface area is 116 Å². The Morgan fingerprint density at radius 3 is 2.40 bits per heavy atom. The van der Waals surface area contributed by atoms with E-state index in [1.165, 1.54) is 0 Å². The summed E-state index contributed by atoms with van der Waals surface area (Å²) in [5.41, 5.74) is 0.559. The lowest BCUT2D eigenvalue weighted by Crippen LogP contribution is -2.30. The third-order valence-electron chi connectivity index (χ3n) is 2.38. The zero-order chi connectivity index (χ0) is 15.0. The molecule has 0 unspecified atom stereocenters. The molecule has 0 fully saturated rings. The minimum atomic E-state index is -0.910. The van der Waals surface area contributed by atoms with Crippen LogP contribution < -0.4 is 0 Å². The van der Waals surface area contributed by atoms with Gasteiger partial charge in [-0.05, 0) is 6.08 Å². The predicted octanol–water partition coefficient (Wildman–Crippen LogP) is 2.67. The van der Waals surface area contributed by atoms with Gasteiger partial charge in [-0.1, -0.05) is 19.1 Å². The van der Waals surface area contributed by atoms with E-state index in [1.54, 1.807) is 6.08 Å². The van der Waals surface area contributed by atoms with E-state index < -0.39 is 24.5 Å². The van der Waals surface area contributed by atoms with Crippen molar-refractivity contribution in [3.05, 3.63) is 37.3 Å². The maximum absolute atomic E-state index is 11.2. The van der Waals surface area contributed by atoms with Crippen LogP contribution in [0.5, 0.6) is 0 Å². The van der Waals surface area contributed by atoms with Gasteiger partial charge >= 0.3 is 12.3 Å². The number of carbonyl (C=O) groups excluding carboxylic acids is 2. The summed E-state index contributed by atoms with van der Waals surface area (Å²) in [6, 6.07) is 0. The first kappa shape index (κ1) is 15.4. The van der Waals surface area contributed by atoms with E-state index in [9.17, 15) is 9.59 Å². The molecule has 0 aliphatic heterocycles. The van der Waals surface area contributed by atoms with Crippen LogP contribution in [-0.2, 0) is 18.9 Å². The van der Waals surface area contributed by atoms with E-state index >= 15 is 0 Å². The summed E-state index contributed by atoms with van der Waals surface area (Å²) in [4.78, 5) is 22.4. The van der Waals surface area contributed by atoms with Crippen molar-refractivity contribution in [2.75, 3.05) is 0 Å². The maximum Gasteiger partial charge on any atom is 0.513 e. The monoisotopic (exact) mass is 278 g/mol. The predicted molar refractivity (Wildman–Crippen MR) is 69.3 cm³/mol. The van der Waals surface area contributed by atoms with Crippen LogP contribution >= 0.6 is 0 Å². The van der Waals surface area contributed by atoms with Gasteiger partial charge in [0.25, 0.3) is 0 Å². The molecule has 6 heteroatoms. The molecule has 0 radical (unpaired) electrons. The molecular formula is C14H14O6. The second-order valence-electron chi connectivity index (χ2n) is 3.74. The number of hydrogen-bond donors (Lipinski definition) is 0. The highest BCUT2D eigenvalue weighted by Crippen LogP contribution is 2.23. The molecule has 0 N–H and O–H groups in total. The van der Waals surface area contributed by atoms with Crippen LogP contribution in [0.25, 0.3) is 0 Å². The first-order valence-corrected chi connectivity index (χ1v) is 5.72. The SMILES string of the molecule is C#CC1=C[C@H](OC(=O)OC=C)C[C@@H](OC(=O)OC=C)C1. The first-order chi connectivity index (χ1) is 9.58. The average Bonchev–Trinajstić information content (AvgIpc) is 2.38. The van der Waals surface area contributed by atoms with Gasteiger partial charge in [-0.3, -0.25) is 0 Å². The highest BCUT2D eigenvalue weighted by atomic mass is 16.7. The molecule has 0 bridgehead atoms. The van der Waals surface area contributed by atoms with Gasteiger partial charge in [0.1, 0.15) is 12.2 Å². The van der Waals surface area contributed by atoms with Gasteiger partial charge in [-0.2, -0.15) is 0 Å². The molecule has 0 aromatic heterocycles. The molecular weight excluding hydrogens is 264 g/mol. The highest BCUT2D eigenvalue weighted by Gasteiger charge is 2.28. The molecule has 0 spiro atoms. The second-order valence-corrected chi connectivity index (χ2v) is 3.74. The Morgan fingerprint density at radius 1 is 1.25 bits per heavy atom. The van der Waals surface area contributed by atoms with Crippen molar-refractivity contribution in [3.63, 3.8) is 0 Å². The van der Waals surface area contributed by atoms with Crippen LogP contribution in [0.1, 0.15) is 12.8 Å².